The van der Waals surface area contributed by atoms with E-state index in [1.807, 2.05) is 0 Å². The smallest absolute Gasteiger partial charge is 0.164 e. The van der Waals surface area contributed by atoms with Gasteiger partial charge in [0.15, 0.2) is 5.82 Å². The summed E-state index contributed by atoms with van der Waals surface area (Å²) in [5.74, 6) is 0.580. The molecule has 1 aromatic rings. The second-order valence-corrected chi connectivity index (χ2v) is 3.36. The van der Waals surface area contributed by atoms with Crippen LogP contribution in [0.15, 0.2) is 6.20 Å². The standard InChI is InChI=1S/C9H14N4O/c10-5-9-12-7(6-11-13-9)8-3-1-2-4-14-8/h6,8H,1-5,10H2. The first-order valence-corrected chi connectivity index (χ1v) is 4.90. The fourth-order valence-electron chi connectivity index (χ4n) is 1.57. The van der Waals surface area contributed by atoms with Crippen LogP contribution in [0.3, 0.4) is 0 Å². The predicted molar refractivity (Wildman–Crippen MR) is 50.3 cm³/mol. The van der Waals surface area contributed by atoms with Crippen molar-refractivity contribution in [3.05, 3.63) is 17.7 Å². The number of ether oxygens (including phenoxy) is 1. The highest BCUT2D eigenvalue weighted by Gasteiger charge is 2.17. The maximum atomic E-state index is 5.59. The fourth-order valence-corrected chi connectivity index (χ4v) is 1.57. The number of rotatable bonds is 2. The Labute approximate surface area is 82.7 Å². The Morgan fingerprint density at radius 2 is 2.43 bits per heavy atom. The molecule has 14 heavy (non-hydrogen) atoms. The molecule has 1 unspecified atom stereocenters. The third-order valence-corrected chi connectivity index (χ3v) is 2.31. The van der Waals surface area contributed by atoms with Gasteiger partial charge in [0.25, 0.3) is 0 Å². The molecular formula is C9H14N4O. The van der Waals surface area contributed by atoms with Gasteiger partial charge in [-0.2, -0.15) is 5.10 Å². The number of aromatic nitrogens is 3. The molecule has 0 aromatic carbocycles. The SMILES string of the molecule is NCc1nncc(C2CCCCO2)n1. The summed E-state index contributed by atoms with van der Waals surface area (Å²) < 4.78 is 5.59. The number of nitrogens with two attached hydrogens (primary N) is 1. The van der Waals surface area contributed by atoms with Crippen molar-refractivity contribution in [2.24, 2.45) is 5.73 Å². The Bertz CT molecular complexity index is 299. The first-order valence-electron chi connectivity index (χ1n) is 4.90. The number of nitrogens with zero attached hydrogens (tertiary/aromatic N) is 3. The van der Waals surface area contributed by atoms with Gasteiger partial charge in [0.1, 0.15) is 6.10 Å². The maximum absolute atomic E-state index is 5.59. The third kappa shape index (κ3) is 2.05. The second-order valence-electron chi connectivity index (χ2n) is 3.36. The lowest BCUT2D eigenvalue weighted by atomic mass is 10.1. The highest BCUT2D eigenvalue weighted by Crippen LogP contribution is 2.25. The Morgan fingerprint density at radius 3 is 3.14 bits per heavy atom. The Morgan fingerprint density at radius 1 is 1.50 bits per heavy atom. The van der Waals surface area contributed by atoms with E-state index >= 15 is 0 Å². The van der Waals surface area contributed by atoms with E-state index in [1.165, 1.54) is 6.42 Å². The molecule has 2 N–H and O–H groups in total. The van der Waals surface area contributed by atoms with Crippen LogP contribution in [0.2, 0.25) is 0 Å². The van der Waals surface area contributed by atoms with Gasteiger partial charge in [0.2, 0.25) is 0 Å². The van der Waals surface area contributed by atoms with Gasteiger partial charge in [-0.05, 0) is 19.3 Å². The minimum atomic E-state index is 0.0875. The van der Waals surface area contributed by atoms with E-state index < -0.39 is 0 Å². The molecule has 1 aliphatic rings. The summed E-state index contributed by atoms with van der Waals surface area (Å²) in [6.45, 7) is 1.14. The summed E-state index contributed by atoms with van der Waals surface area (Å²) in [6.07, 6.45) is 5.09. The van der Waals surface area contributed by atoms with E-state index in [0.717, 1.165) is 25.1 Å². The molecule has 1 saturated heterocycles. The van der Waals surface area contributed by atoms with Crippen molar-refractivity contribution < 1.29 is 4.74 Å². The van der Waals surface area contributed by atoms with Gasteiger partial charge in [0, 0.05) is 6.61 Å². The lowest BCUT2D eigenvalue weighted by Crippen LogP contribution is -2.15. The van der Waals surface area contributed by atoms with Crippen LogP contribution in [0.25, 0.3) is 0 Å². The summed E-state index contributed by atoms with van der Waals surface area (Å²) in [5.41, 5.74) is 6.30. The summed E-state index contributed by atoms with van der Waals surface area (Å²) in [5, 5.41) is 7.67. The van der Waals surface area contributed by atoms with Gasteiger partial charge >= 0.3 is 0 Å². The van der Waals surface area contributed by atoms with Crippen molar-refractivity contribution in [1.29, 1.82) is 0 Å². The molecule has 5 nitrogen and oxygen atoms in total. The monoisotopic (exact) mass is 194 g/mol. The van der Waals surface area contributed by atoms with Gasteiger partial charge in [-0.3, -0.25) is 0 Å². The summed E-state index contributed by atoms with van der Waals surface area (Å²) in [4.78, 5) is 4.29. The molecule has 76 valence electrons. The van der Waals surface area contributed by atoms with Crippen molar-refractivity contribution in [1.82, 2.24) is 15.2 Å². The van der Waals surface area contributed by atoms with E-state index in [1.54, 1.807) is 6.20 Å². The maximum Gasteiger partial charge on any atom is 0.164 e. The minimum Gasteiger partial charge on any atom is -0.372 e. The minimum absolute atomic E-state index is 0.0875. The zero-order valence-electron chi connectivity index (χ0n) is 8.02. The van der Waals surface area contributed by atoms with Crippen LogP contribution in [0.5, 0.6) is 0 Å². The van der Waals surface area contributed by atoms with Crippen LogP contribution in [-0.4, -0.2) is 21.8 Å². The number of hydrogen-bond acceptors (Lipinski definition) is 5. The molecule has 0 aliphatic carbocycles. The van der Waals surface area contributed by atoms with Crippen LogP contribution in [-0.2, 0) is 11.3 Å². The molecular weight excluding hydrogens is 180 g/mol. The quantitative estimate of drug-likeness (QED) is 0.745. The Kier molecular flexibility index (Phi) is 3.00. The van der Waals surface area contributed by atoms with Crippen LogP contribution in [0.1, 0.15) is 36.9 Å². The van der Waals surface area contributed by atoms with Gasteiger partial charge in [-0.15, -0.1) is 5.10 Å². The second kappa shape index (κ2) is 4.43. The lowest BCUT2D eigenvalue weighted by Gasteiger charge is -2.21. The highest BCUT2D eigenvalue weighted by molar-refractivity contribution is 5.01. The fraction of sp³-hybridized carbons (Fsp3) is 0.667. The average molecular weight is 194 g/mol. The van der Waals surface area contributed by atoms with E-state index in [2.05, 4.69) is 15.2 Å². The van der Waals surface area contributed by atoms with Gasteiger partial charge in [-0.1, -0.05) is 0 Å². The normalized spacial score (nSPS) is 22.2. The summed E-state index contributed by atoms with van der Waals surface area (Å²) in [6, 6.07) is 0. The molecule has 1 aliphatic heterocycles. The van der Waals surface area contributed by atoms with E-state index in [4.69, 9.17) is 10.5 Å². The average Bonchev–Trinajstić information content (AvgIpc) is 2.30. The van der Waals surface area contributed by atoms with Crippen LogP contribution in [0.4, 0.5) is 0 Å². The first-order chi connectivity index (χ1) is 6.90. The van der Waals surface area contributed by atoms with Crippen molar-refractivity contribution in [2.45, 2.75) is 31.9 Å². The third-order valence-electron chi connectivity index (χ3n) is 2.31. The highest BCUT2D eigenvalue weighted by atomic mass is 16.5. The van der Waals surface area contributed by atoms with E-state index in [-0.39, 0.29) is 6.10 Å². The van der Waals surface area contributed by atoms with Crippen LogP contribution < -0.4 is 5.73 Å². The van der Waals surface area contributed by atoms with Crippen molar-refractivity contribution in [3.63, 3.8) is 0 Å². The van der Waals surface area contributed by atoms with E-state index in [0.29, 0.717) is 12.4 Å². The van der Waals surface area contributed by atoms with Gasteiger partial charge in [-0.25, -0.2) is 4.98 Å². The van der Waals surface area contributed by atoms with Crippen molar-refractivity contribution >= 4 is 0 Å². The molecule has 0 bridgehead atoms. The van der Waals surface area contributed by atoms with Gasteiger partial charge < -0.3 is 10.5 Å². The Hall–Kier alpha value is -1.07. The lowest BCUT2D eigenvalue weighted by molar-refractivity contribution is 0.0118. The zero-order chi connectivity index (χ0) is 9.80. The largest absolute Gasteiger partial charge is 0.372 e. The zero-order valence-corrected chi connectivity index (χ0v) is 8.02. The molecule has 1 atom stereocenters. The molecule has 5 heteroatoms. The van der Waals surface area contributed by atoms with Crippen LogP contribution >= 0.6 is 0 Å². The van der Waals surface area contributed by atoms with Crippen molar-refractivity contribution in [2.75, 3.05) is 6.61 Å². The van der Waals surface area contributed by atoms with E-state index in [9.17, 15) is 0 Å². The molecule has 2 rings (SSSR count). The first kappa shape index (κ1) is 9.48. The molecule has 0 amide bonds. The molecule has 2 heterocycles. The Balaban J connectivity index is 2.13. The van der Waals surface area contributed by atoms with Crippen LogP contribution in [0, 0.1) is 0 Å². The predicted octanol–water partition coefficient (Wildman–Crippen LogP) is 0.572. The van der Waals surface area contributed by atoms with Crippen molar-refractivity contribution in [3.8, 4) is 0 Å². The molecule has 1 fully saturated rings. The molecule has 0 radical (unpaired) electrons. The molecule has 0 spiro atoms. The molecule has 1 aromatic heterocycles. The summed E-state index contributed by atoms with van der Waals surface area (Å²) >= 11 is 0. The topological polar surface area (TPSA) is 73.9 Å². The number of hydrogen-bond donors (Lipinski definition) is 1. The molecule has 0 saturated carbocycles. The van der Waals surface area contributed by atoms with Gasteiger partial charge in [0.05, 0.1) is 18.4 Å². The summed E-state index contributed by atoms with van der Waals surface area (Å²) in [7, 11) is 0.